The lowest BCUT2D eigenvalue weighted by atomic mass is 10.2. The van der Waals surface area contributed by atoms with Gasteiger partial charge in [0.15, 0.2) is 11.5 Å². The summed E-state index contributed by atoms with van der Waals surface area (Å²) in [6.07, 6.45) is 1.58. The number of carbonyl (C=O) groups is 1. The molecule has 1 amide bonds. The zero-order valence-electron chi connectivity index (χ0n) is 14.8. The van der Waals surface area contributed by atoms with E-state index in [1.807, 2.05) is 60.5 Å². The van der Waals surface area contributed by atoms with Crippen molar-refractivity contribution < 1.29 is 14.3 Å². The Bertz CT molecular complexity index is 962. The van der Waals surface area contributed by atoms with Crippen LogP contribution in [0.1, 0.15) is 16.1 Å². The van der Waals surface area contributed by atoms with Crippen molar-refractivity contribution >= 4 is 17.5 Å². The van der Waals surface area contributed by atoms with Gasteiger partial charge >= 0.3 is 0 Å². The summed E-state index contributed by atoms with van der Waals surface area (Å²) in [5.74, 6) is 1.60. The van der Waals surface area contributed by atoms with Crippen LogP contribution in [0.3, 0.4) is 0 Å². The topological polar surface area (TPSA) is 76.6 Å². The number of rotatable bonds is 5. The summed E-state index contributed by atoms with van der Waals surface area (Å²) in [6.45, 7) is 0.590. The molecule has 0 saturated heterocycles. The molecule has 0 radical (unpaired) electrons. The SMILES string of the molecule is CN(c1ccccc1)c1nccc(C(=O)NCc2ccc3c(c2)OCO3)n1. The highest BCUT2D eigenvalue weighted by Crippen LogP contribution is 2.32. The first-order valence-corrected chi connectivity index (χ1v) is 8.49. The van der Waals surface area contributed by atoms with E-state index in [-0.39, 0.29) is 12.7 Å². The third-order valence-electron chi connectivity index (χ3n) is 4.21. The fourth-order valence-electron chi connectivity index (χ4n) is 2.73. The second kappa shape index (κ2) is 7.33. The number of hydrogen-bond donors (Lipinski definition) is 1. The average Bonchev–Trinajstić information content (AvgIpc) is 3.20. The van der Waals surface area contributed by atoms with Crippen molar-refractivity contribution in [2.75, 3.05) is 18.7 Å². The summed E-state index contributed by atoms with van der Waals surface area (Å²) in [6, 6.07) is 16.9. The zero-order valence-corrected chi connectivity index (χ0v) is 14.8. The maximum absolute atomic E-state index is 12.5. The number of ether oxygens (including phenoxy) is 2. The molecule has 136 valence electrons. The minimum absolute atomic E-state index is 0.226. The van der Waals surface area contributed by atoms with Gasteiger partial charge in [-0.3, -0.25) is 4.79 Å². The fraction of sp³-hybridized carbons (Fsp3) is 0.150. The first kappa shape index (κ1) is 16.8. The van der Waals surface area contributed by atoms with Crippen LogP contribution in [0.4, 0.5) is 11.6 Å². The highest BCUT2D eigenvalue weighted by molar-refractivity contribution is 5.92. The molecular weight excluding hydrogens is 344 g/mol. The molecule has 27 heavy (non-hydrogen) atoms. The number of benzene rings is 2. The van der Waals surface area contributed by atoms with Gasteiger partial charge in [-0.25, -0.2) is 9.97 Å². The first-order chi connectivity index (χ1) is 13.2. The molecule has 0 atom stereocenters. The van der Waals surface area contributed by atoms with E-state index in [0.717, 1.165) is 17.0 Å². The number of para-hydroxylation sites is 1. The molecule has 3 aromatic rings. The minimum Gasteiger partial charge on any atom is -0.454 e. The molecule has 2 aromatic carbocycles. The molecule has 1 aliphatic rings. The maximum Gasteiger partial charge on any atom is 0.270 e. The predicted octanol–water partition coefficient (Wildman–Crippen LogP) is 2.90. The first-order valence-electron chi connectivity index (χ1n) is 8.49. The van der Waals surface area contributed by atoms with Crippen molar-refractivity contribution in [1.82, 2.24) is 15.3 Å². The van der Waals surface area contributed by atoms with Gasteiger partial charge in [0, 0.05) is 25.5 Å². The van der Waals surface area contributed by atoms with Crippen LogP contribution in [-0.4, -0.2) is 29.7 Å². The Kier molecular flexibility index (Phi) is 4.57. The molecule has 2 heterocycles. The van der Waals surface area contributed by atoms with Crippen LogP contribution in [0.5, 0.6) is 11.5 Å². The van der Waals surface area contributed by atoms with Gasteiger partial charge in [-0.1, -0.05) is 24.3 Å². The zero-order chi connectivity index (χ0) is 18.6. The van der Waals surface area contributed by atoms with Gasteiger partial charge in [0.25, 0.3) is 5.91 Å². The molecule has 1 aromatic heterocycles. The van der Waals surface area contributed by atoms with Crippen LogP contribution in [0.2, 0.25) is 0 Å². The largest absolute Gasteiger partial charge is 0.454 e. The molecule has 0 unspecified atom stereocenters. The summed E-state index contributed by atoms with van der Waals surface area (Å²) in [5.41, 5.74) is 2.17. The van der Waals surface area contributed by atoms with E-state index in [1.54, 1.807) is 12.3 Å². The number of nitrogens with one attached hydrogen (secondary N) is 1. The third-order valence-corrected chi connectivity index (χ3v) is 4.21. The Balaban J connectivity index is 1.44. The van der Waals surface area contributed by atoms with E-state index in [1.165, 1.54) is 0 Å². The van der Waals surface area contributed by atoms with Crippen LogP contribution in [0.15, 0.2) is 60.8 Å². The second-order valence-corrected chi connectivity index (χ2v) is 6.01. The normalized spacial score (nSPS) is 11.9. The highest BCUT2D eigenvalue weighted by Gasteiger charge is 2.15. The number of amides is 1. The Morgan fingerprint density at radius 3 is 2.78 bits per heavy atom. The molecule has 1 N–H and O–H groups in total. The monoisotopic (exact) mass is 362 g/mol. The Morgan fingerprint density at radius 1 is 1.11 bits per heavy atom. The van der Waals surface area contributed by atoms with Crippen LogP contribution < -0.4 is 19.7 Å². The lowest BCUT2D eigenvalue weighted by molar-refractivity contribution is 0.0945. The van der Waals surface area contributed by atoms with Crippen LogP contribution in [0.25, 0.3) is 0 Å². The lowest BCUT2D eigenvalue weighted by Crippen LogP contribution is -2.25. The van der Waals surface area contributed by atoms with Crippen LogP contribution in [-0.2, 0) is 6.54 Å². The van der Waals surface area contributed by atoms with E-state index in [2.05, 4.69) is 15.3 Å². The Hall–Kier alpha value is -3.61. The molecular formula is C20H18N4O3. The quantitative estimate of drug-likeness (QED) is 0.752. The molecule has 0 spiro atoms. The van der Waals surface area contributed by atoms with E-state index < -0.39 is 0 Å². The lowest BCUT2D eigenvalue weighted by Gasteiger charge is -2.17. The maximum atomic E-state index is 12.5. The summed E-state index contributed by atoms with van der Waals surface area (Å²) < 4.78 is 10.6. The van der Waals surface area contributed by atoms with Gasteiger partial charge in [0.2, 0.25) is 12.7 Å². The number of nitrogens with zero attached hydrogens (tertiary/aromatic N) is 3. The highest BCUT2D eigenvalue weighted by atomic mass is 16.7. The molecule has 7 heteroatoms. The van der Waals surface area contributed by atoms with E-state index in [0.29, 0.717) is 23.9 Å². The Morgan fingerprint density at radius 2 is 1.93 bits per heavy atom. The number of anilines is 2. The molecule has 0 fully saturated rings. The predicted molar refractivity (Wildman–Crippen MR) is 100 cm³/mol. The van der Waals surface area contributed by atoms with E-state index >= 15 is 0 Å². The summed E-state index contributed by atoms with van der Waals surface area (Å²) in [4.78, 5) is 23.0. The van der Waals surface area contributed by atoms with Crippen molar-refractivity contribution in [1.29, 1.82) is 0 Å². The van der Waals surface area contributed by atoms with Gasteiger partial charge in [0.1, 0.15) is 5.69 Å². The van der Waals surface area contributed by atoms with E-state index in [4.69, 9.17) is 9.47 Å². The second-order valence-electron chi connectivity index (χ2n) is 6.01. The van der Waals surface area contributed by atoms with Gasteiger partial charge in [0.05, 0.1) is 0 Å². The summed E-state index contributed by atoms with van der Waals surface area (Å²) in [7, 11) is 1.86. The molecule has 7 nitrogen and oxygen atoms in total. The number of fused-ring (bicyclic) bond motifs is 1. The van der Waals surface area contributed by atoms with Crippen molar-refractivity contribution in [2.24, 2.45) is 0 Å². The molecule has 0 bridgehead atoms. The summed E-state index contributed by atoms with van der Waals surface area (Å²) in [5, 5.41) is 2.87. The van der Waals surface area contributed by atoms with Gasteiger partial charge < -0.3 is 19.7 Å². The molecule has 4 rings (SSSR count). The fourth-order valence-corrected chi connectivity index (χ4v) is 2.73. The average molecular weight is 362 g/mol. The third kappa shape index (κ3) is 3.67. The molecule has 0 aliphatic carbocycles. The van der Waals surface area contributed by atoms with Crippen molar-refractivity contribution in [3.63, 3.8) is 0 Å². The number of hydrogen-bond acceptors (Lipinski definition) is 6. The molecule has 0 saturated carbocycles. The molecule has 1 aliphatic heterocycles. The van der Waals surface area contributed by atoms with E-state index in [9.17, 15) is 4.79 Å². The minimum atomic E-state index is -0.266. The summed E-state index contributed by atoms with van der Waals surface area (Å²) >= 11 is 0. The van der Waals surface area contributed by atoms with Crippen molar-refractivity contribution in [2.45, 2.75) is 6.54 Å². The van der Waals surface area contributed by atoms with Crippen LogP contribution in [0, 0.1) is 0 Å². The Labute approximate surface area is 156 Å². The standard InChI is InChI=1S/C20H18N4O3/c1-24(15-5-3-2-4-6-15)20-21-10-9-16(23-20)19(25)22-12-14-7-8-17-18(11-14)27-13-26-17/h2-11H,12-13H2,1H3,(H,22,25). The van der Waals surface area contributed by atoms with Crippen LogP contribution >= 0.6 is 0 Å². The van der Waals surface area contributed by atoms with Crippen molar-refractivity contribution in [3.8, 4) is 11.5 Å². The van der Waals surface area contributed by atoms with Gasteiger partial charge in [-0.15, -0.1) is 0 Å². The number of carbonyl (C=O) groups excluding carboxylic acids is 1. The van der Waals surface area contributed by atoms with Crippen molar-refractivity contribution in [3.05, 3.63) is 72.1 Å². The number of aromatic nitrogens is 2. The van der Waals surface area contributed by atoms with Gasteiger partial charge in [-0.05, 0) is 35.9 Å². The van der Waals surface area contributed by atoms with Gasteiger partial charge in [-0.2, -0.15) is 0 Å². The smallest absolute Gasteiger partial charge is 0.270 e.